The Kier molecular flexibility index (Phi) is 13.0. The topological polar surface area (TPSA) is 190 Å². The first-order chi connectivity index (χ1) is 20.9. The van der Waals surface area contributed by atoms with Crippen LogP contribution in [0.25, 0.3) is 0 Å². The first-order valence-corrected chi connectivity index (χ1v) is 15.8. The number of amides is 4. The average Bonchev–Trinajstić information content (AvgIpc) is 3.53. The van der Waals surface area contributed by atoms with Crippen LogP contribution in [-0.4, -0.2) is 73.6 Å². The molecular formula is C29H39FN6O7S. The Morgan fingerprint density at radius 1 is 1.07 bits per heavy atom. The van der Waals surface area contributed by atoms with Crippen molar-refractivity contribution in [3.05, 3.63) is 59.4 Å². The molecule has 0 radical (unpaired) electrons. The van der Waals surface area contributed by atoms with Crippen molar-refractivity contribution in [3.8, 4) is 5.75 Å². The van der Waals surface area contributed by atoms with Gasteiger partial charge < -0.3 is 30.8 Å². The van der Waals surface area contributed by atoms with Crippen molar-refractivity contribution < 1.29 is 35.7 Å². The lowest BCUT2D eigenvalue weighted by molar-refractivity contribution is -0.131. The van der Waals surface area contributed by atoms with Gasteiger partial charge in [-0.05, 0) is 81.8 Å². The van der Waals surface area contributed by atoms with E-state index >= 15 is 0 Å². The number of benzene rings is 1. The fourth-order valence-electron chi connectivity index (χ4n) is 4.68. The monoisotopic (exact) mass is 634 g/mol. The van der Waals surface area contributed by atoms with Gasteiger partial charge in [-0.3, -0.25) is 24.2 Å². The van der Waals surface area contributed by atoms with Crippen molar-refractivity contribution in [3.63, 3.8) is 0 Å². The summed E-state index contributed by atoms with van der Waals surface area (Å²) in [4.78, 5) is 57.0. The highest BCUT2D eigenvalue weighted by Gasteiger charge is 2.25. The molecule has 2 aromatic rings. The molecule has 240 valence electrons. The first-order valence-electron chi connectivity index (χ1n) is 14.5. The molecule has 44 heavy (non-hydrogen) atoms. The Bertz CT molecular complexity index is 1400. The lowest BCUT2D eigenvalue weighted by Gasteiger charge is -2.21. The number of carbonyl (C=O) groups excluding carboxylic acids is 4. The Morgan fingerprint density at radius 3 is 2.43 bits per heavy atom. The summed E-state index contributed by atoms with van der Waals surface area (Å²) in [6.07, 6.45) is 5.31. The van der Waals surface area contributed by atoms with Crippen molar-refractivity contribution in [2.45, 2.75) is 70.5 Å². The summed E-state index contributed by atoms with van der Waals surface area (Å²) in [5, 5.41) is 8.22. The van der Waals surface area contributed by atoms with Crippen LogP contribution in [0.2, 0.25) is 0 Å². The summed E-state index contributed by atoms with van der Waals surface area (Å²) in [6.45, 7) is 3.47. The van der Waals surface area contributed by atoms with E-state index < -0.39 is 34.4 Å². The number of hydrogen-bond acceptors (Lipinski definition) is 9. The SMILES string of the molecule is CC(NC(=O)c1ccnc(CNC(=O)C(CCCCN)NC(=O)CCc2ccc(OS(=O)(=O)F)cc2)c1)C(=O)N1CCCC1. The summed E-state index contributed by atoms with van der Waals surface area (Å²) in [6, 6.07) is 7.10. The Labute approximate surface area is 256 Å². The zero-order valence-corrected chi connectivity index (χ0v) is 25.4. The molecule has 1 aliphatic heterocycles. The molecule has 0 bridgehead atoms. The molecule has 4 amide bonds. The number of aromatic nitrogens is 1. The summed E-state index contributed by atoms with van der Waals surface area (Å²) >= 11 is 0. The molecule has 1 aliphatic rings. The first kappa shape index (κ1) is 34.4. The van der Waals surface area contributed by atoms with E-state index in [1.807, 2.05) is 0 Å². The van der Waals surface area contributed by atoms with Crippen LogP contribution in [0.15, 0.2) is 42.6 Å². The molecule has 15 heteroatoms. The number of pyridine rings is 1. The highest BCUT2D eigenvalue weighted by Crippen LogP contribution is 2.16. The van der Waals surface area contributed by atoms with Gasteiger partial charge >= 0.3 is 10.5 Å². The van der Waals surface area contributed by atoms with Gasteiger partial charge in [0.05, 0.1) is 12.2 Å². The number of halogens is 1. The van der Waals surface area contributed by atoms with Crippen molar-refractivity contribution in [2.75, 3.05) is 19.6 Å². The van der Waals surface area contributed by atoms with Gasteiger partial charge in [-0.2, -0.15) is 8.42 Å². The molecular weight excluding hydrogens is 595 g/mol. The van der Waals surface area contributed by atoms with Crippen molar-refractivity contribution in [2.24, 2.45) is 5.73 Å². The molecule has 0 spiro atoms. The molecule has 1 aromatic heterocycles. The van der Waals surface area contributed by atoms with Crippen LogP contribution in [0.4, 0.5) is 3.89 Å². The van der Waals surface area contributed by atoms with E-state index in [2.05, 4.69) is 25.1 Å². The standard InChI is InChI=1S/C29H39FN6O7S/c1-20(29(40)36-16-4-5-17-36)34-27(38)22-13-15-32-23(18-22)19-33-28(39)25(6-2-3-14-31)35-26(37)12-9-21-7-10-24(11-8-21)43-44(30,41)42/h7-8,10-11,13,15,18,20,25H,2-6,9,12,14,16-17,19,31H2,1H3,(H,33,39)(H,34,38)(H,35,37). The minimum atomic E-state index is -5.13. The second-order valence-corrected chi connectivity index (χ2v) is 11.5. The number of carbonyl (C=O) groups is 4. The van der Waals surface area contributed by atoms with Crippen molar-refractivity contribution in [1.82, 2.24) is 25.8 Å². The third kappa shape index (κ3) is 11.5. The van der Waals surface area contributed by atoms with Crippen LogP contribution in [0.1, 0.15) is 67.1 Å². The lowest BCUT2D eigenvalue weighted by atomic mass is 10.1. The van der Waals surface area contributed by atoms with Crippen molar-refractivity contribution in [1.29, 1.82) is 0 Å². The van der Waals surface area contributed by atoms with E-state index in [4.69, 9.17) is 5.73 Å². The molecule has 13 nitrogen and oxygen atoms in total. The number of nitrogens with one attached hydrogen (secondary N) is 3. The summed E-state index contributed by atoms with van der Waals surface area (Å²) < 4.78 is 38.0. The molecule has 0 saturated carbocycles. The van der Waals surface area contributed by atoms with Crippen LogP contribution in [0.5, 0.6) is 5.75 Å². The second kappa shape index (κ2) is 16.7. The second-order valence-electron chi connectivity index (χ2n) is 10.5. The van der Waals surface area contributed by atoms with E-state index in [-0.39, 0.29) is 37.0 Å². The third-order valence-electron chi connectivity index (χ3n) is 7.02. The number of rotatable bonds is 16. The maximum atomic E-state index is 13.0. The molecule has 2 heterocycles. The molecule has 1 aromatic carbocycles. The highest BCUT2D eigenvalue weighted by molar-refractivity contribution is 7.81. The molecule has 2 atom stereocenters. The van der Waals surface area contributed by atoms with Gasteiger partial charge in [0.1, 0.15) is 17.8 Å². The zero-order valence-electron chi connectivity index (χ0n) is 24.6. The minimum absolute atomic E-state index is 0.00843. The predicted molar refractivity (Wildman–Crippen MR) is 159 cm³/mol. The zero-order chi connectivity index (χ0) is 32.1. The number of hydrogen-bond donors (Lipinski definition) is 4. The summed E-state index contributed by atoms with van der Waals surface area (Å²) in [5.41, 5.74) is 6.98. The van der Waals surface area contributed by atoms with E-state index in [1.165, 1.54) is 42.6 Å². The van der Waals surface area contributed by atoms with Gasteiger partial charge in [0.2, 0.25) is 17.7 Å². The molecule has 2 unspecified atom stereocenters. The molecule has 5 N–H and O–H groups in total. The maximum absolute atomic E-state index is 13.0. The summed E-state index contributed by atoms with van der Waals surface area (Å²) in [5.74, 6) is -1.55. The smallest absolute Gasteiger partial charge is 0.358 e. The van der Waals surface area contributed by atoms with Crippen LogP contribution >= 0.6 is 0 Å². The molecule has 1 saturated heterocycles. The number of nitrogens with zero attached hydrogens (tertiary/aromatic N) is 2. The predicted octanol–water partition coefficient (Wildman–Crippen LogP) is 1.28. The van der Waals surface area contributed by atoms with Gasteiger partial charge in [-0.25, -0.2) is 0 Å². The molecule has 1 fully saturated rings. The van der Waals surface area contributed by atoms with E-state index in [0.29, 0.717) is 55.7 Å². The largest absolute Gasteiger partial charge is 0.488 e. The van der Waals surface area contributed by atoms with Gasteiger partial charge in [0.15, 0.2) is 0 Å². The number of nitrogens with two attached hydrogens (primary N) is 1. The van der Waals surface area contributed by atoms with E-state index in [0.717, 1.165) is 12.8 Å². The van der Waals surface area contributed by atoms with E-state index in [1.54, 1.807) is 11.8 Å². The van der Waals surface area contributed by atoms with Crippen LogP contribution in [-0.2, 0) is 37.9 Å². The van der Waals surface area contributed by atoms with Crippen molar-refractivity contribution >= 4 is 34.1 Å². The Morgan fingerprint density at radius 2 is 1.77 bits per heavy atom. The quantitative estimate of drug-likeness (QED) is 0.156. The van der Waals surface area contributed by atoms with E-state index in [9.17, 15) is 31.5 Å². The lowest BCUT2D eigenvalue weighted by Crippen LogP contribution is -2.46. The normalized spacial score (nSPS) is 14.4. The fraction of sp³-hybridized carbons (Fsp3) is 0.483. The highest BCUT2D eigenvalue weighted by atomic mass is 32.3. The van der Waals surface area contributed by atoms with Gasteiger partial charge in [-0.15, -0.1) is 0 Å². The van der Waals surface area contributed by atoms with Gasteiger partial charge in [-0.1, -0.05) is 16.0 Å². The van der Waals surface area contributed by atoms with Crippen LogP contribution in [0, 0.1) is 0 Å². The molecule has 3 rings (SSSR count). The van der Waals surface area contributed by atoms with Crippen LogP contribution < -0.4 is 25.9 Å². The van der Waals surface area contributed by atoms with Gasteiger partial charge in [0, 0.05) is 31.3 Å². The fourth-order valence-corrected chi connectivity index (χ4v) is 5.02. The minimum Gasteiger partial charge on any atom is -0.358 e. The Balaban J connectivity index is 1.52. The third-order valence-corrected chi connectivity index (χ3v) is 7.41. The summed E-state index contributed by atoms with van der Waals surface area (Å²) in [7, 11) is -5.13. The van der Waals surface area contributed by atoms with Gasteiger partial charge in [0.25, 0.3) is 5.91 Å². The molecule has 0 aliphatic carbocycles. The van der Waals surface area contributed by atoms with Crippen LogP contribution in [0.3, 0.4) is 0 Å². The average molecular weight is 635 g/mol. The maximum Gasteiger partial charge on any atom is 0.488 e. The number of aryl methyl sites for hydroxylation is 1. The number of likely N-dealkylation sites (tertiary alicyclic amines) is 1. The number of unbranched alkanes of at least 4 members (excludes halogenated alkanes) is 1. The Hall–Kier alpha value is -4.11.